The van der Waals surface area contributed by atoms with Gasteiger partial charge >= 0.3 is 0 Å². The number of anilines is 1. The van der Waals surface area contributed by atoms with E-state index in [1.807, 2.05) is 30.3 Å². The first-order chi connectivity index (χ1) is 9.80. The number of hydrogen-bond acceptors (Lipinski definition) is 4. The fourth-order valence-electron chi connectivity index (χ4n) is 2.12. The molecule has 0 saturated carbocycles. The molecule has 0 bridgehead atoms. The first-order valence-electron chi connectivity index (χ1n) is 6.98. The lowest BCUT2D eigenvalue weighted by Gasteiger charge is -2.20. The molecule has 0 N–H and O–H groups in total. The van der Waals surface area contributed by atoms with Gasteiger partial charge in [-0.25, -0.2) is 0 Å². The summed E-state index contributed by atoms with van der Waals surface area (Å²) in [5, 5.41) is 18.1. The van der Waals surface area contributed by atoms with Crippen molar-refractivity contribution in [2.45, 2.75) is 26.7 Å². The van der Waals surface area contributed by atoms with Gasteiger partial charge in [-0.15, -0.1) is 15.0 Å². The molecule has 104 valence electrons. The average molecular weight is 269 g/mol. The molecule has 5 nitrogen and oxygen atoms in total. The maximum atomic E-state index is 9.27. The lowest BCUT2D eigenvalue weighted by atomic mass is 10.3. The van der Waals surface area contributed by atoms with Crippen molar-refractivity contribution in [3.63, 3.8) is 0 Å². The number of para-hydroxylation sites is 1. The van der Waals surface area contributed by atoms with Crippen LogP contribution < -0.4 is 4.90 Å². The van der Waals surface area contributed by atoms with E-state index in [0.717, 1.165) is 31.6 Å². The second-order valence-corrected chi connectivity index (χ2v) is 4.60. The second kappa shape index (κ2) is 6.71. The van der Waals surface area contributed by atoms with Crippen LogP contribution >= 0.6 is 0 Å². The summed E-state index contributed by atoms with van der Waals surface area (Å²) >= 11 is 0. The molecule has 0 saturated heterocycles. The summed E-state index contributed by atoms with van der Waals surface area (Å²) in [5.41, 5.74) is 1.25. The quantitative estimate of drug-likeness (QED) is 0.809. The molecule has 0 atom stereocenters. The maximum Gasteiger partial charge on any atom is 0.207 e. The van der Waals surface area contributed by atoms with Crippen molar-refractivity contribution in [2.24, 2.45) is 0 Å². The number of nitriles is 1. The van der Waals surface area contributed by atoms with Gasteiger partial charge in [0.1, 0.15) is 6.07 Å². The minimum absolute atomic E-state index is 0.385. The molecule has 0 fully saturated rings. The Bertz CT molecular complexity index is 576. The van der Waals surface area contributed by atoms with E-state index >= 15 is 0 Å². The summed E-state index contributed by atoms with van der Waals surface area (Å²) in [5.74, 6) is 0.681. The monoisotopic (exact) mass is 269 g/mol. The van der Waals surface area contributed by atoms with E-state index < -0.39 is 0 Å². The van der Waals surface area contributed by atoms with Gasteiger partial charge in [-0.3, -0.25) is 0 Å². The van der Waals surface area contributed by atoms with E-state index in [2.05, 4.69) is 35.0 Å². The van der Waals surface area contributed by atoms with Crippen molar-refractivity contribution >= 4 is 5.82 Å². The molecule has 1 aromatic carbocycles. The number of benzene rings is 1. The minimum Gasteiger partial charge on any atom is -0.353 e. The van der Waals surface area contributed by atoms with Gasteiger partial charge in [-0.2, -0.15) is 5.26 Å². The van der Waals surface area contributed by atoms with Crippen LogP contribution in [0.4, 0.5) is 5.82 Å². The molecule has 0 unspecified atom stereocenters. The van der Waals surface area contributed by atoms with Crippen molar-refractivity contribution in [2.75, 3.05) is 18.0 Å². The third-order valence-corrected chi connectivity index (χ3v) is 2.98. The zero-order chi connectivity index (χ0) is 14.4. The maximum absolute atomic E-state index is 9.27. The van der Waals surface area contributed by atoms with Gasteiger partial charge in [0.2, 0.25) is 5.69 Å². The molecule has 1 aromatic heterocycles. The van der Waals surface area contributed by atoms with Gasteiger partial charge in [0.05, 0.1) is 5.69 Å². The zero-order valence-electron chi connectivity index (χ0n) is 12.0. The summed E-state index contributed by atoms with van der Waals surface area (Å²) in [6, 6.07) is 11.8. The molecule has 0 spiro atoms. The van der Waals surface area contributed by atoms with E-state index in [9.17, 15) is 5.26 Å². The molecule has 0 aliphatic carbocycles. The standard InChI is InChI=1S/C15H19N5/c1-3-10-19(11-4-2)15-14(12-16)17-20(18-15)13-8-6-5-7-9-13/h5-9H,3-4,10-11H2,1-2H3. The van der Waals surface area contributed by atoms with Gasteiger partial charge in [0.15, 0.2) is 5.82 Å². The largest absolute Gasteiger partial charge is 0.353 e. The number of rotatable bonds is 6. The predicted octanol–water partition coefficient (Wildman–Crippen LogP) is 2.77. The van der Waals surface area contributed by atoms with Crippen LogP contribution in [0.5, 0.6) is 0 Å². The minimum atomic E-state index is 0.385. The van der Waals surface area contributed by atoms with Crippen LogP contribution in [0, 0.1) is 11.3 Å². The Labute approximate surface area is 119 Å². The number of aromatic nitrogens is 3. The van der Waals surface area contributed by atoms with E-state index in [4.69, 9.17) is 0 Å². The van der Waals surface area contributed by atoms with Crippen molar-refractivity contribution in [3.05, 3.63) is 36.0 Å². The Kier molecular flexibility index (Phi) is 4.72. The van der Waals surface area contributed by atoms with Crippen LogP contribution in [0.25, 0.3) is 5.69 Å². The molecule has 1 heterocycles. The van der Waals surface area contributed by atoms with Crippen molar-refractivity contribution in [1.82, 2.24) is 15.0 Å². The Hall–Kier alpha value is -2.35. The summed E-state index contributed by atoms with van der Waals surface area (Å²) in [6.07, 6.45) is 2.03. The number of nitrogens with zero attached hydrogens (tertiary/aromatic N) is 5. The molecule has 5 heteroatoms. The molecule has 0 radical (unpaired) electrons. The lowest BCUT2D eigenvalue weighted by molar-refractivity contribution is 0.708. The van der Waals surface area contributed by atoms with Crippen LogP contribution in [0.2, 0.25) is 0 Å². The van der Waals surface area contributed by atoms with E-state index in [0.29, 0.717) is 11.5 Å². The van der Waals surface area contributed by atoms with Gasteiger partial charge < -0.3 is 4.90 Å². The first kappa shape index (κ1) is 14.1. The third-order valence-electron chi connectivity index (χ3n) is 2.98. The average Bonchev–Trinajstić information content (AvgIpc) is 2.92. The Morgan fingerprint density at radius 1 is 1.10 bits per heavy atom. The molecule has 0 amide bonds. The zero-order valence-corrected chi connectivity index (χ0v) is 12.0. The van der Waals surface area contributed by atoms with E-state index in [1.54, 1.807) is 0 Å². The van der Waals surface area contributed by atoms with Gasteiger partial charge in [0, 0.05) is 13.1 Å². The van der Waals surface area contributed by atoms with Crippen molar-refractivity contribution in [3.8, 4) is 11.8 Å². The van der Waals surface area contributed by atoms with Gasteiger partial charge in [0.25, 0.3) is 0 Å². The smallest absolute Gasteiger partial charge is 0.207 e. The first-order valence-corrected chi connectivity index (χ1v) is 6.98. The van der Waals surface area contributed by atoms with Crippen LogP contribution in [-0.4, -0.2) is 28.1 Å². The van der Waals surface area contributed by atoms with Crippen LogP contribution in [0.15, 0.2) is 30.3 Å². The highest BCUT2D eigenvalue weighted by Crippen LogP contribution is 2.18. The molecular weight excluding hydrogens is 250 g/mol. The van der Waals surface area contributed by atoms with Crippen molar-refractivity contribution in [1.29, 1.82) is 5.26 Å². The Balaban J connectivity index is 2.38. The highest BCUT2D eigenvalue weighted by atomic mass is 15.5. The molecule has 2 aromatic rings. The molecule has 0 aliphatic heterocycles. The van der Waals surface area contributed by atoms with Gasteiger partial charge in [-0.05, 0) is 25.0 Å². The fraction of sp³-hybridized carbons (Fsp3) is 0.400. The van der Waals surface area contributed by atoms with Crippen LogP contribution in [0.3, 0.4) is 0 Å². The fourth-order valence-corrected chi connectivity index (χ4v) is 2.12. The van der Waals surface area contributed by atoms with Crippen LogP contribution in [0.1, 0.15) is 32.4 Å². The number of hydrogen-bond donors (Lipinski definition) is 0. The molecule has 2 rings (SSSR count). The van der Waals surface area contributed by atoms with E-state index in [-0.39, 0.29) is 0 Å². The van der Waals surface area contributed by atoms with E-state index in [1.165, 1.54) is 4.80 Å². The SMILES string of the molecule is CCCN(CCC)c1nn(-c2ccccc2)nc1C#N. The summed E-state index contributed by atoms with van der Waals surface area (Å²) < 4.78 is 0. The summed E-state index contributed by atoms with van der Waals surface area (Å²) in [6.45, 7) is 6.01. The van der Waals surface area contributed by atoms with Gasteiger partial charge in [-0.1, -0.05) is 32.0 Å². The lowest BCUT2D eigenvalue weighted by Crippen LogP contribution is -2.26. The highest BCUT2D eigenvalue weighted by molar-refractivity contribution is 5.50. The highest BCUT2D eigenvalue weighted by Gasteiger charge is 2.17. The Morgan fingerprint density at radius 2 is 1.75 bits per heavy atom. The second-order valence-electron chi connectivity index (χ2n) is 4.60. The van der Waals surface area contributed by atoms with Crippen LogP contribution in [-0.2, 0) is 0 Å². The normalized spacial score (nSPS) is 10.2. The molecular formula is C15H19N5. The summed E-state index contributed by atoms with van der Waals surface area (Å²) in [4.78, 5) is 3.66. The topological polar surface area (TPSA) is 57.7 Å². The predicted molar refractivity (Wildman–Crippen MR) is 78.9 cm³/mol. The third kappa shape index (κ3) is 2.97. The summed E-state index contributed by atoms with van der Waals surface area (Å²) in [7, 11) is 0. The molecule has 20 heavy (non-hydrogen) atoms. The van der Waals surface area contributed by atoms with Crippen molar-refractivity contribution < 1.29 is 0 Å². The molecule has 0 aliphatic rings. The Morgan fingerprint density at radius 3 is 2.30 bits per heavy atom.